The maximum absolute atomic E-state index is 12.7. The van der Waals surface area contributed by atoms with Crippen LogP contribution < -0.4 is 0 Å². The van der Waals surface area contributed by atoms with E-state index in [4.69, 9.17) is 0 Å². The molecule has 0 radical (unpaired) electrons. The van der Waals surface area contributed by atoms with E-state index >= 15 is 0 Å². The fraction of sp³-hybridized carbons (Fsp3) is 0.333. The lowest BCUT2D eigenvalue weighted by molar-refractivity contribution is -0.132. The van der Waals surface area contributed by atoms with Crippen LogP contribution in [-0.4, -0.2) is 57.8 Å². The van der Waals surface area contributed by atoms with Crippen LogP contribution in [0.1, 0.15) is 23.4 Å². The van der Waals surface area contributed by atoms with Gasteiger partial charge in [0.15, 0.2) is 0 Å². The Balaban J connectivity index is 1.25. The van der Waals surface area contributed by atoms with Gasteiger partial charge in [-0.3, -0.25) is 9.69 Å². The number of aromatic nitrogens is 2. The van der Waals surface area contributed by atoms with Gasteiger partial charge in [0.25, 0.3) is 0 Å². The van der Waals surface area contributed by atoms with Crippen molar-refractivity contribution in [2.75, 3.05) is 32.7 Å². The lowest BCUT2D eigenvalue weighted by atomic mass is 10.1. The van der Waals surface area contributed by atoms with Crippen molar-refractivity contribution in [1.82, 2.24) is 19.2 Å². The molecule has 4 rings (SSSR count). The van der Waals surface area contributed by atoms with Gasteiger partial charge in [-0.25, -0.2) is 4.98 Å². The highest BCUT2D eigenvalue weighted by atomic mass is 16.2. The molecule has 0 unspecified atom stereocenters. The molecule has 0 atom stereocenters. The Hall–Kier alpha value is -2.92. The number of imidazole rings is 1. The fourth-order valence-electron chi connectivity index (χ4n) is 3.93. The Labute approximate surface area is 172 Å². The second-order valence-corrected chi connectivity index (χ2v) is 7.57. The highest BCUT2D eigenvalue weighted by Gasteiger charge is 2.21. The summed E-state index contributed by atoms with van der Waals surface area (Å²) in [6.45, 7) is 6.43. The van der Waals surface area contributed by atoms with Crippen LogP contribution in [-0.2, 0) is 11.2 Å². The molecular formula is C24H28N4O. The van der Waals surface area contributed by atoms with Crippen molar-refractivity contribution in [3.63, 3.8) is 0 Å². The first kappa shape index (κ1) is 19.4. The first-order valence-electron chi connectivity index (χ1n) is 10.3. The van der Waals surface area contributed by atoms with E-state index in [1.807, 2.05) is 42.3 Å². The van der Waals surface area contributed by atoms with Crippen LogP contribution in [0.15, 0.2) is 60.8 Å². The molecule has 1 amide bonds. The predicted molar refractivity (Wildman–Crippen MR) is 117 cm³/mol. The van der Waals surface area contributed by atoms with E-state index in [-0.39, 0.29) is 5.91 Å². The molecule has 1 aliphatic rings. The first-order chi connectivity index (χ1) is 14.2. The van der Waals surface area contributed by atoms with Gasteiger partial charge in [0.2, 0.25) is 5.91 Å². The molecule has 3 heterocycles. The number of piperazine rings is 1. The molecule has 29 heavy (non-hydrogen) atoms. The van der Waals surface area contributed by atoms with Gasteiger partial charge in [0.1, 0.15) is 5.65 Å². The van der Waals surface area contributed by atoms with Crippen molar-refractivity contribution >= 4 is 17.6 Å². The summed E-state index contributed by atoms with van der Waals surface area (Å²) in [6.07, 6.45) is 7.67. The van der Waals surface area contributed by atoms with Crippen LogP contribution in [0.4, 0.5) is 0 Å². The number of benzene rings is 1. The minimum absolute atomic E-state index is 0.245. The Bertz CT molecular complexity index is 985. The number of hydrogen-bond donors (Lipinski definition) is 0. The Morgan fingerprint density at radius 3 is 2.59 bits per heavy atom. The van der Waals surface area contributed by atoms with Crippen molar-refractivity contribution in [2.24, 2.45) is 0 Å². The molecule has 1 fully saturated rings. The summed E-state index contributed by atoms with van der Waals surface area (Å²) in [5.41, 5.74) is 4.33. The number of nitrogens with zero attached hydrogens (tertiary/aromatic N) is 4. The molecule has 5 nitrogen and oxygen atoms in total. The van der Waals surface area contributed by atoms with Crippen molar-refractivity contribution in [1.29, 1.82) is 0 Å². The molecule has 1 aromatic carbocycles. The summed E-state index contributed by atoms with van der Waals surface area (Å²) in [6, 6.07) is 16.4. The quantitative estimate of drug-likeness (QED) is 0.650. The second kappa shape index (κ2) is 9.05. The topological polar surface area (TPSA) is 40.9 Å². The van der Waals surface area contributed by atoms with Gasteiger partial charge in [-0.1, -0.05) is 48.6 Å². The third-order valence-corrected chi connectivity index (χ3v) is 5.60. The summed E-state index contributed by atoms with van der Waals surface area (Å²) in [5, 5.41) is 0. The highest BCUT2D eigenvalue weighted by Crippen LogP contribution is 2.15. The molecule has 0 bridgehead atoms. The summed E-state index contributed by atoms with van der Waals surface area (Å²) in [5.74, 6) is 0.245. The molecule has 2 aromatic heterocycles. The molecule has 1 saturated heterocycles. The molecule has 0 N–H and O–H groups in total. The molecule has 5 heteroatoms. The fourth-order valence-corrected chi connectivity index (χ4v) is 3.93. The van der Waals surface area contributed by atoms with Gasteiger partial charge in [-0.15, -0.1) is 0 Å². The predicted octanol–water partition coefficient (Wildman–Crippen LogP) is 3.43. The highest BCUT2D eigenvalue weighted by molar-refractivity contribution is 5.76. The monoisotopic (exact) mass is 388 g/mol. The second-order valence-electron chi connectivity index (χ2n) is 7.57. The van der Waals surface area contributed by atoms with E-state index in [1.165, 1.54) is 5.56 Å². The third-order valence-electron chi connectivity index (χ3n) is 5.60. The number of carbonyl (C=O) groups is 1. The van der Waals surface area contributed by atoms with Crippen molar-refractivity contribution in [3.05, 3.63) is 77.8 Å². The van der Waals surface area contributed by atoms with Crippen LogP contribution in [0, 0.1) is 6.92 Å². The smallest absolute Gasteiger partial charge is 0.223 e. The third kappa shape index (κ3) is 4.74. The van der Waals surface area contributed by atoms with E-state index in [1.54, 1.807) is 0 Å². The van der Waals surface area contributed by atoms with Crippen LogP contribution in [0.5, 0.6) is 0 Å². The minimum atomic E-state index is 0.245. The molecule has 150 valence electrons. The van der Waals surface area contributed by atoms with E-state index in [2.05, 4.69) is 50.7 Å². The first-order valence-corrected chi connectivity index (χ1v) is 10.3. The van der Waals surface area contributed by atoms with E-state index < -0.39 is 0 Å². The van der Waals surface area contributed by atoms with Crippen LogP contribution >= 0.6 is 0 Å². The zero-order chi connectivity index (χ0) is 20.1. The maximum Gasteiger partial charge on any atom is 0.223 e. The Morgan fingerprint density at radius 2 is 1.79 bits per heavy atom. The van der Waals surface area contributed by atoms with Gasteiger partial charge in [0.05, 0.1) is 5.69 Å². The maximum atomic E-state index is 12.7. The van der Waals surface area contributed by atoms with Gasteiger partial charge in [-0.05, 0) is 31.0 Å². The van der Waals surface area contributed by atoms with E-state index in [9.17, 15) is 4.79 Å². The van der Waals surface area contributed by atoms with Gasteiger partial charge in [-0.2, -0.15) is 0 Å². The number of amides is 1. The lowest BCUT2D eigenvalue weighted by Gasteiger charge is -2.34. The summed E-state index contributed by atoms with van der Waals surface area (Å²) < 4.78 is 2.10. The summed E-state index contributed by atoms with van der Waals surface area (Å²) >= 11 is 0. The average Bonchev–Trinajstić information content (AvgIpc) is 3.08. The normalized spacial score (nSPS) is 15.4. The van der Waals surface area contributed by atoms with Crippen molar-refractivity contribution in [3.8, 4) is 0 Å². The van der Waals surface area contributed by atoms with Gasteiger partial charge < -0.3 is 9.30 Å². The lowest BCUT2D eigenvalue weighted by Crippen LogP contribution is -2.48. The molecule has 3 aromatic rings. The van der Waals surface area contributed by atoms with E-state index in [0.29, 0.717) is 6.42 Å². The number of hydrogen-bond acceptors (Lipinski definition) is 3. The number of fused-ring (bicyclic) bond motifs is 1. The number of rotatable bonds is 6. The SMILES string of the molecule is Cc1nc2ccccn2c1CCC(=O)N1CCN(C/C=C/c2ccccc2)CC1. The molecule has 0 aliphatic carbocycles. The molecule has 0 spiro atoms. The minimum Gasteiger partial charge on any atom is -0.340 e. The molecular weight excluding hydrogens is 360 g/mol. The molecule has 0 saturated carbocycles. The largest absolute Gasteiger partial charge is 0.340 e. The zero-order valence-electron chi connectivity index (χ0n) is 17.0. The molecule has 1 aliphatic heterocycles. The van der Waals surface area contributed by atoms with Crippen LogP contribution in [0.2, 0.25) is 0 Å². The Morgan fingerprint density at radius 1 is 1.03 bits per heavy atom. The summed E-state index contributed by atoms with van der Waals surface area (Å²) in [4.78, 5) is 21.7. The zero-order valence-corrected chi connectivity index (χ0v) is 17.0. The van der Waals surface area contributed by atoms with Crippen molar-refractivity contribution in [2.45, 2.75) is 19.8 Å². The summed E-state index contributed by atoms with van der Waals surface area (Å²) in [7, 11) is 0. The van der Waals surface area contributed by atoms with Crippen molar-refractivity contribution < 1.29 is 4.79 Å². The van der Waals surface area contributed by atoms with Crippen LogP contribution in [0.3, 0.4) is 0 Å². The number of pyridine rings is 1. The van der Waals surface area contributed by atoms with Crippen LogP contribution in [0.25, 0.3) is 11.7 Å². The Kier molecular flexibility index (Phi) is 6.06. The number of aryl methyl sites for hydroxylation is 2. The van der Waals surface area contributed by atoms with Gasteiger partial charge in [0, 0.05) is 51.0 Å². The number of carbonyl (C=O) groups excluding carboxylic acids is 1. The standard InChI is InChI=1S/C24H28N4O/c1-20-22(28-15-6-5-11-23(28)25-20)12-13-24(29)27-18-16-26(17-19-27)14-7-10-21-8-3-2-4-9-21/h2-11,15H,12-14,16-19H2,1H3/b10-7+. The van der Waals surface area contributed by atoms with E-state index in [0.717, 1.165) is 56.2 Å². The van der Waals surface area contributed by atoms with Gasteiger partial charge >= 0.3 is 0 Å². The average molecular weight is 389 g/mol.